The molecule has 0 radical (unpaired) electrons. The smallest absolute Gasteiger partial charge is 0.414 e. The van der Waals surface area contributed by atoms with E-state index in [2.05, 4.69) is 10.6 Å². The fraction of sp³-hybridized carbons (Fsp3) is 0.526. The van der Waals surface area contributed by atoms with Crippen molar-refractivity contribution < 1.29 is 33.4 Å². The lowest BCUT2D eigenvalue weighted by Gasteiger charge is -2.21. The molecule has 2 saturated heterocycles. The summed E-state index contributed by atoms with van der Waals surface area (Å²) in [5, 5.41) is 15.3. The molecule has 10 nitrogen and oxygen atoms in total. The number of hydrogen-bond acceptors (Lipinski definition) is 7. The van der Waals surface area contributed by atoms with Gasteiger partial charge in [0.05, 0.1) is 43.2 Å². The van der Waals surface area contributed by atoms with Crippen LogP contribution < -0.4 is 20.4 Å². The molecule has 0 bridgehead atoms. The van der Waals surface area contributed by atoms with Gasteiger partial charge in [-0.25, -0.2) is 14.0 Å². The first-order valence-corrected chi connectivity index (χ1v) is 9.67. The first-order chi connectivity index (χ1) is 14.3. The molecule has 0 saturated carbocycles. The molecule has 0 unspecified atom stereocenters. The average Bonchev–Trinajstić information content (AvgIpc) is 3.22. The Labute approximate surface area is 172 Å². The van der Waals surface area contributed by atoms with Crippen molar-refractivity contribution in [2.45, 2.75) is 32.1 Å². The van der Waals surface area contributed by atoms with Crippen molar-refractivity contribution in [2.24, 2.45) is 0 Å². The summed E-state index contributed by atoms with van der Waals surface area (Å²) < 4.78 is 24.8. The lowest BCUT2D eigenvalue weighted by Crippen LogP contribution is -2.43. The maximum absolute atomic E-state index is 14.8. The largest absolute Gasteiger partial charge is 0.450 e. The summed E-state index contributed by atoms with van der Waals surface area (Å²) in [6.45, 7) is 3.96. The van der Waals surface area contributed by atoms with E-state index in [0.29, 0.717) is 5.69 Å². The summed E-state index contributed by atoms with van der Waals surface area (Å²) in [7, 11) is 0. The third kappa shape index (κ3) is 4.90. The van der Waals surface area contributed by atoms with E-state index < -0.39 is 36.3 Å². The van der Waals surface area contributed by atoms with Gasteiger partial charge in [-0.3, -0.25) is 9.69 Å². The predicted molar refractivity (Wildman–Crippen MR) is 105 cm³/mol. The molecule has 3 amide bonds. The number of halogens is 1. The second-order valence-corrected chi connectivity index (χ2v) is 7.13. The van der Waals surface area contributed by atoms with Crippen LogP contribution in [0.3, 0.4) is 0 Å². The van der Waals surface area contributed by atoms with E-state index in [-0.39, 0.29) is 44.4 Å². The fourth-order valence-corrected chi connectivity index (χ4v) is 3.47. The Hall–Kier alpha value is -3.08. The van der Waals surface area contributed by atoms with Gasteiger partial charge in [0.2, 0.25) is 5.91 Å². The van der Waals surface area contributed by atoms with Crippen LogP contribution in [0.1, 0.15) is 13.8 Å². The van der Waals surface area contributed by atoms with Crippen LogP contribution in [0.15, 0.2) is 18.2 Å². The van der Waals surface area contributed by atoms with Gasteiger partial charge < -0.3 is 30.1 Å². The van der Waals surface area contributed by atoms with Crippen LogP contribution in [-0.4, -0.2) is 74.2 Å². The normalized spacial score (nSPS) is 23.3. The summed E-state index contributed by atoms with van der Waals surface area (Å²) in [6, 6.07) is 3.72. The standard InChI is InChI=1S/C19H25FN4O6/c1-3-29-18(27)22-15-9-23(10-17(15)26)16-5-4-12(6-14(16)20)24-8-13(30-19(24)28)7-21-11(2)25/h4-6,13,15,17,26H,3,7-10H2,1-2H3,(H,21,25)(H,22,27)/t13-,15-,17-/m0/s1. The third-order valence-corrected chi connectivity index (χ3v) is 4.90. The van der Waals surface area contributed by atoms with Crippen LogP contribution >= 0.6 is 0 Å². The van der Waals surface area contributed by atoms with Crippen molar-refractivity contribution in [3.63, 3.8) is 0 Å². The van der Waals surface area contributed by atoms with E-state index in [1.807, 2.05) is 0 Å². The minimum Gasteiger partial charge on any atom is -0.450 e. The Balaban J connectivity index is 1.65. The number of β-amino-alcohol motifs (C(OH)–C–C–N with tert-alkyl or cyclic N) is 1. The molecule has 3 rings (SSSR count). The highest BCUT2D eigenvalue weighted by Gasteiger charge is 2.35. The van der Waals surface area contributed by atoms with Gasteiger partial charge in [0.15, 0.2) is 0 Å². The van der Waals surface area contributed by atoms with E-state index in [9.17, 15) is 23.9 Å². The van der Waals surface area contributed by atoms with Crippen LogP contribution in [-0.2, 0) is 14.3 Å². The summed E-state index contributed by atoms with van der Waals surface area (Å²) in [5.41, 5.74) is 0.570. The molecule has 1 aromatic carbocycles. The quantitative estimate of drug-likeness (QED) is 0.611. The van der Waals surface area contributed by atoms with Crippen molar-refractivity contribution in [1.29, 1.82) is 0 Å². The molecule has 0 spiro atoms. The number of nitrogens with zero attached hydrogens (tertiary/aromatic N) is 2. The Bertz CT molecular complexity index is 822. The van der Waals surface area contributed by atoms with Crippen LogP contribution in [0.25, 0.3) is 0 Å². The molecule has 3 atom stereocenters. The zero-order valence-electron chi connectivity index (χ0n) is 16.8. The molecular formula is C19H25FN4O6. The van der Waals surface area contributed by atoms with Gasteiger partial charge in [0.1, 0.15) is 11.9 Å². The van der Waals surface area contributed by atoms with Gasteiger partial charge in [-0.1, -0.05) is 0 Å². The number of aliphatic hydroxyl groups is 1. The van der Waals surface area contributed by atoms with Gasteiger partial charge >= 0.3 is 12.2 Å². The fourth-order valence-electron chi connectivity index (χ4n) is 3.47. The number of aliphatic hydroxyl groups excluding tert-OH is 1. The van der Waals surface area contributed by atoms with E-state index in [4.69, 9.17) is 9.47 Å². The minimum atomic E-state index is -0.878. The summed E-state index contributed by atoms with van der Waals surface area (Å²) in [4.78, 5) is 37.6. The lowest BCUT2D eigenvalue weighted by molar-refractivity contribution is -0.119. The number of carbonyl (C=O) groups is 3. The monoisotopic (exact) mass is 424 g/mol. The van der Waals surface area contributed by atoms with E-state index in [1.165, 1.54) is 24.0 Å². The zero-order valence-corrected chi connectivity index (χ0v) is 16.8. The highest BCUT2D eigenvalue weighted by atomic mass is 19.1. The maximum Gasteiger partial charge on any atom is 0.414 e. The molecule has 0 aromatic heterocycles. The van der Waals surface area contributed by atoms with Crippen LogP contribution in [0, 0.1) is 5.82 Å². The molecule has 2 aliphatic rings. The summed E-state index contributed by atoms with van der Waals surface area (Å²) in [5.74, 6) is -0.807. The summed E-state index contributed by atoms with van der Waals surface area (Å²) in [6.07, 6.45) is -2.66. The van der Waals surface area contributed by atoms with E-state index >= 15 is 0 Å². The van der Waals surface area contributed by atoms with Crippen molar-refractivity contribution in [2.75, 3.05) is 42.6 Å². The van der Waals surface area contributed by atoms with Crippen molar-refractivity contribution in [3.05, 3.63) is 24.0 Å². The Morgan fingerprint density at radius 2 is 2.10 bits per heavy atom. The minimum absolute atomic E-state index is 0.137. The van der Waals surface area contributed by atoms with Gasteiger partial charge in [0, 0.05) is 20.0 Å². The van der Waals surface area contributed by atoms with Crippen molar-refractivity contribution in [3.8, 4) is 0 Å². The SMILES string of the molecule is CCOC(=O)N[C@H]1CN(c2ccc(N3C[C@H](CNC(C)=O)OC3=O)cc2F)C[C@@H]1O. The number of carbonyl (C=O) groups excluding carboxylic acids is 3. The number of benzene rings is 1. The molecule has 3 N–H and O–H groups in total. The number of hydrogen-bond donors (Lipinski definition) is 3. The first kappa shape index (κ1) is 21.6. The third-order valence-electron chi connectivity index (χ3n) is 4.90. The maximum atomic E-state index is 14.8. The highest BCUT2D eigenvalue weighted by molar-refractivity contribution is 5.90. The Kier molecular flexibility index (Phi) is 6.60. The van der Waals surface area contributed by atoms with Gasteiger partial charge in [-0.2, -0.15) is 0 Å². The second-order valence-electron chi connectivity index (χ2n) is 7.13. The number of anilines is 2. The Morgan fingerprint density at radius 1 is 1.33 bits per heavy atom. The van der Waals surface area contributed by atoms with Gasteiger partial charge in [-0.15, -0.1) is 0 Å². The lowest BCUT2D eigenvalue weighted by atomic mass is 10.2. The number of amides is 3. The Morgan fingerprint density at radius 3 is 2.77 bits per heavy atom. The molecule has 164 valence electrons. The number of ether oxygens (including phenoxy) is 2. The molecule has 1 aromatic rings. The molecular weight excluding hydrogens is 399 g/mol. The topological polar surface area (TPSA) is 120 Å². The number of alkyl carbamates (subject to hydrolysis) is 1. The first-order valence-electron chi connectivity index (χ1n) is 9.67. The van der Waals surface area contributed by atoms with E-state index in [1.54, 1.807) is 17.9 Å². The van der Waals surface area contributed by atoms with Gasteiger partial charge in [0.25, 0.3) is 0 Å². The van der Waals surface area contributed by atoms with Crippen LogP contribution in [0.2, 0.25) is 0 Å². The molecule has 30 heavy (non-hydrogen) atoms. The summed E-state index contributed by atoms with van der Waals surface area (Å²) >= 11 is 0. The molecule has 2 fully saturated rings. The van der Waals surface area contributed by atoms with Crippen molar-refractivity contribution in [1.82, 2.24) is 10.6 Å². The molecule has 0 aliphatic carbocycles. The average molecular weight is 424 g/mol. The molecule has 2 heterocycles. The number of cyclic esters (lactones) is 1. The predicted octanol–water partition coefficient (Wildman–Crippen LogP) is 0.583. The molecule has 2 aliphatic heterocycles. The number of nitrogens with one attached hydrogen (secondary N) is 2. The number of rotatable bonds is 6. The van der Waals surface area contributed by atoms with Crippen LogP contribution in [0.4, 0.5) is 25.4 Å². The van der Waals surface area contributed by atoms with E-state index in [0.717, 1.165) is 0 Å². The van der Waals surface area contributed by atoms with Gasteiger partial charge in [-0.05, 0) is 25.1 Å². The zero-order chi connectivity index (χ0) is 21.8. The highest BCUT2D eigenvalue weighted by Crippen LogP contribution is 2.30. The second kappa shape index (κ2) is 9.16. The molecule has 11 heteroatoms. The van der Waals surface area contributed by atoms with Crippen molar-refractivity contribution >= 4 is 29.5 Å². The van der Waals surface area contributed by atoms with Crippen LogP contribution in [0.5, 0.6) is 0 Å².